The van der Waals surface area contributed by atoms with Gasteiger partial charge in [0.1, 0.15) is 0 Å². The molecule has 0 spiro atoms. The van der Waals surface area contributed by atoms with Crippen molar-refractivity contribution in [3.63, 3.8) is 0 Å². The molecule has 0 amide bonds. The molecule has 0 bridgehead atoms. The van der Waals surface area contributed by atoms with Crippen LogP contribution in [0.4, 0.5) is 5.13 Å². The predicted octanol–water partition coefficient (Wildman–Crippen LogP) is 3.83. The van der Waals surface area contributed by atoms with Gasteiger partial charge in [-0.2, -0.15) is 0 Å². The lowest BCUT2D eigenvalue weighted by Gasteiger charge is -2.13. The summed E-state index contributed by atoms with van der Waals surface area (Å²) in [6.07, 6.45) is 2.28. The van der Waals surface area contributed by atoms with E-state index in [4.69, 9.17) is 14.5 Å². The lowest BCUT2D eigenvalue weighted by molar-refractivity contribution is -0.136. The van der Waals surface area contributed by atoms with Crippen molar-refractivity contribution in [1.82, 2.24) is 4.98 Å². The van der Waals surface area contributed by atoms with Crippen molar-refractivity contribution < 1.29 is 19.4 Å². The Hall–Kier alpha value is -2.28. The van der Waals surface area contributed by atoms with Crippen molar-refractivity contribution >= 4 is 22.4 Å². The molecule has 1 aromatic carbocycles. The Labute approximate surface area is 157 Å². The number of aliphatic carboxylic acids is 1. The van der Waals surface area contributed by atoms with Crippen LogP contribution >= 0.6 is 11.3 Å². The molecular weight excluding hydrogens is 352 g/mol. The molecule has 2 aromatic rings. The van der Waals surface area contributed by atoms with E-state index in [1.165, 1.54) is 11.3 Å². The highest BCUT2D eigenvalue weighted by atomic mass is 32.1. The molecule has 0 radical (unpaired) electrons. The molecule has 1 N–H and O–H groups in total. The minimum absolute atomic E-state index is 0.0297. The van der Waals surface area contributed by atoms with Crippen LogP contribution < -0.4 is 14.4 Å². The molecule has 140 valence electrons. The topological polar surface area (TPSA) is 71.9 Å². The van der Waals surface area contributed by atoms with Crippen molar-refractivity contribution in [3.8, 4) is 22.8 Å². The van der Waals surface area contributed by atoms with E-state index in [0.717, 1.165) is 47.2 Å². The number of nitrogens with zero attached hydrogens (tertiary/aromatic N) is 2. The van der Waals surface area contributed by atoms with Crippen molar-refractivity contribution in [2.75, 3.05) is 31.2 Å². The van der Waals surface area contributed by atoms with Gasteiger partial charge in [0.25, 0.3) is 0 Å². The van der Waals surface area contributed by atoms with Gasteiger partial charge in [0.15, 0.2) is 16.6 Å². The molecule has 0 unspecified atom stereocenters. The molecule has 0 saturated carbocycles. The van der Waals surface area contributed by atoms with E-state index < -0.39 is 5.97 Å². The molecule has 7 heteroatoms. The standard InChI is InChI=1S/C19H24N2O4S/c1-3-24-14-8-7-13(11-15(14)25-4-2)18-16(12-17(22)23)26-19(20-18)21-9-5-6-10-21/h7-8,11H,3-6,9-10,12H2,1-2H3,(H,22,23). The van der Waals surface area contributed by atoms with Crippen LogP contribution in [-0.2, 0) is 11.2 Å². The first kappa shape index (κ1) is 18.5. The van der Waals surface area contributed by atoms with Crippen molar-refractivity contribution in [1.29, 1.82) is 0 Å². The average Bonchev–Trinajstić information content (AvgIpc) is 3.26. The van der Waals surface area contributed by atoms with Crippen LogP contribution in [-0.4, -0.2) is 42.4 Å². The van der Waals surface area contributed by atoms with Gasteiger partial charge in [-0.1, -0.05) is 0 Å². The third-order valence-corrected chi connectivity index (χ3v) is 5.31. The highest BCUT2D eigenvalue weighted by Crippen LogP contribution is 2.38. The summed E-state index contributed by atoms with van der Waals surface area (Å²) in [4.78, 5) is 19.1. The number of anilines is 1. The first-order chi connectivity index (χ1) is 12.6. The van der Waals surface area contributed by atoms with Gasteiger partial charge in [-0.25, -0.2) is 4.98 Å². The van der Waals surface area contributed by atoms with E-state index in [1.54, 1.807) is 0 Å². The summed E-state index contributed by atoms with van der Waals surface area (Å²) in [7, 11) is 0. The number of carbonyl (C=O) groups is 1. The Bertz CT molecular complexity index is 769. The van der Waals surface area contributed by atoms with Crippen molar-refractivity contribution in [3.05, 3.63) is 23.1 Å². The number of aromatic nitrogens is 1. The van der Waals surface area contributed by atoms with Gasteiger partial charge in [0.2, 0.25) is 0 Å². The van der Waals surface area contributed by atoms with Gasteiger partial charge >= 0.3 is 5.97 Å². The van der Waals surface area contributed by atoms with Gasteiger partial charge in [-0.15, -0.1) is 11.3 Å². The minimum Gasteiger partial charge on any atom is -0.490 e. The lowest BCUT2D eigenvalue weighted by Crippen LogP contribution is -2.17. The summed E-state index contributed by atoms with van der Waals surface area (Å²) in [6, 6.07) is 5.67. The molecule has 1 aromatic heterocycles. The Morgan fingerprint density at radius 1 is 1.19 bits per heavy atom. The maximum absolute atomic E-state index is 11.3. The molecule has 1 fully saturated rings. The van der Waals surface area contributed by atoms with Crippen LogP contribution in [0.1, 0.15) is 31.6 Å². The highest BCUT2D eigenvalue weighted by molar-refractivity contribution is 7.16. The molecular formula is C19H24N2O4S. The van der Waals surface area contributed by atoms with Gasteiger partial charge in [-0.3, -0.25) is 4.79 Å². The fraction of sp³-hybridized carbons (Fsp3) is 0.474. The maximum Gasteiger partial charge on any atom is 0.308 e. The zero-order valence-electron chi connectivity index (χ0n) is 15.2. The molecule has 1 saturated heterocycles. The number of carboxylic acids is 1. The normalized spacial score (nSPS) is 13.8. The second kappa shape index (κ2) is 8.40. The third-order valence-electron chi connectivity index (χ3n) is 4.19. The monoisotopic (exact) mass is 376 g/mol. The Balaban J connectivity index is 2.00. The van der Waals surface area contributed by atoms with Crippen LogP contribution in [0.2, 0.25) is 0 Å². The fourth-order valence-electron chi connectivity index (χ4n) is 3.06. The van der Waals surface area contributed by atoms with Crippen LogP contribution in [0.15, 0.2) is 18.2 Å². The number of hydrogen-bond donors (Lipinski definition) is 1. The van der Waals surface area contributed by atoms with E-state index in [9.17, 15) is 9.90 Å². The number of hydrogen-bond acceptors (Lipinski definition) is 6. The number of carboxylic acid groups (broad SMARTS) is 1. The molecule has 0 atom stereocenters. The Morgan fingerprint density at radius 2 is 1.88 bits per heavy atom. The zero-order valence-corrected chi connectivity index (χ0v) is 16.0. The largest absolute Gasteiger partial charge is 0.490 e. The smallest absolute Gasteiger partial charge is 0.308 e. The van der Waals surface area contributed by atoms with E-state index in [2.05, 4.69) is 4.90 Å². The van der Waals surface area contributed by atoms with Crippen LogP contribution in [0, 0.1) is 0 Å². The third kappa shape index (κ3) is 4.09. The van der Waals surface area contributed by atoms with E-state index in [-0.39, 0.29) is 6.42 Å². The Kier molecular flexibility index (Phi) is 5.98. The molecule has 1 aliphatic rings. The van der Waals surface area contributed by atoms with Crippen molar-refractivity contribution in [2.45, 2.75) is 33.1 Å². The van der Waals surface area contributed by atoms with Crippen LogP contribution in [0.25, 0.3) is 11.3 Å². The zero-order chi connectivity index (χ0) is 18.5. The van der Waals surface area contributed by atoms with E-state index in [1.807, 2.05) is 32.0 Å². The average molecular weight is 376 g/mol. The number of ether oxygens (including phenoxy) is 2. The molecule has 0 aliphatic carbocycles. The number of benzene rings is 1. The summed E-state index contributed by atoms with van der Waals surface area (Å²) in [5.41, 5.74) is 1.58. The lowest BCUT2D eigenvalue weighted by atomic mass is 10.1. The van der Waals surface area contributed by atoms with Gasteiger partial charge < -0.3 is 19.5 Å². The highest BCUT2D eigenvalue weighted by Gasteiger charge is 2.22. The fourth-order valence-corrected chi connectivity index (χ4v) is 4.19. The van der Waals surface area contributed by atoms with E-state index >= 15 is 0 Å². The molecule has 3 rings (SSSR count). The molecule has 2 heterocycles. The summed E-state index contributed by atoms with van der Waals surface area (Å²) in [6.45, 7) is 6.89. The summed E-state index contributed by atoms with van der Waals surface area (Å²) < 4.78 is 11.3. The SMILES string of the molecule is CCOc1ccc(-c2nc(N3CCCC3)sc2CC(=O)O)cc1OCC. The second-order valence-corrected chi connectivity index (χ2v) is 7.12. The first-order valence-electron chi connectivity index (χ1n) is 8.98. The summed E-state index contributed by atoms with van der Waals surface area (Å²) >= 11 is 1.48. The van der Waals surface area contributed by atoms with Crippen LogP contribution in [0.3, 0.4) is 0 Å². The van der Waals surface area contributed by atoms with Gasteiger partial charge in [0.05, 0.1) is 25.3 Å². The van der Waals surface area contributed by atoms with Gasteiger partial charge in [-0.05, 0) is 44.9 Å². The summed E-state index contributed by atoms with van der Waals surface area (Å²) in [5.74, 6) is 0.496. The quantitative estimate of drug-likeness (QED) is 0.755. The number of rotatable bonds is 8. The van der Waals surface area contributed by atoms with E-state index in [0.29, 0.717) is 24.7 Å². The summed E-state index contributed by atoms with van der Waals surface area (Å²) in [5, 5.41) is 10.2. The van der Waals surface area contributed by atoms with Crippen LogP contribution in [0.5, 0.6) is 11.5 Å². The molecule has 1 aliphatic heterocycles. The van der Waals surface area contributed by atoms with Crippen molar-refractivity contribution in [2.24, 2.45) is 0 Å². The molecule has 6 nitrogen and oxygen atoms in total. The minimum atomic E-state index is -0.848. The number of thiazole rings is 1. The Morgan fingerprint density at radius 3 is 2.54 bits per heavy atom. The first-order valence-corrected chi connectivity index (χ1v) is 9.80. The maximum atomic E-state index is 11.3. The molecule has 26 heavy (non-hydrogen) atoms. The predicted molar refractivity (Wildman–Crippen MR) is 103 cm³/mol. The van der Waals surface area contributed by atoms with Gasteiger partial charge in [0, 0.05) is 23.5 Å². The second-order valence-electron chi connectivity index (χ2n) is 6.06.